The molecule has 114 valence electrons. The van der Waals surface area contributed by atoms with Crippen molar-refractivity contribution in [2.75, 3.05) is 18.0 Å². The van der Waals surface area contributed by atoms with Crippen molar-refractivity contribution in [3.8, 4) is 0 Å². The van der Waals surface area contributed by atoms with Crippen LogP contribution in [0, 0.1) is 6.92 Å². The van der Waals surface area contributed by atoms with Gasteiger partial charge in [-0.05, 0) is 64.7 Å². The maximum Gasteiger partial charge on any atom is 0.0445 e. The van der Waals surface area contributed by atoms with Gasteiger partial charge in [0.1, 0.15) is 0 Å². The third kappa shape index (κ3) is 1.58. The summed E-state index contributed by atoms with van der Waals surface area (Å²) in [4.78, 5) is 2.70. The molecule has 0 saturated carbocycles. The van der Waals surface area contributed by atoms with Crippen LogP contribution in [0.25, 0.3) is 0 Å². The molecule has 0 N–H and O–H groups in total. The molecule has 1 nitrogen and oxygen atoms in total. The van der Waals surface area contributed by atoms with Crippen molar-refractivity contribution in [3.63, 3.8) is 0 Å². The summed E-state index contributed by atoms with van der Waals surface area (Å²) in [5.74, 6) is 0. The minimum atomic E-state index is 0.330. The van der Waals surface area contributed by atoms with Gasteiger partial charge in [0.25, 0.3) is 0 Å². The fourth-order valence-corrected chi connectivity index (χ4v) is 5.74. The highest BCUT2D eigenvalue weighted by atomic mass is 15.2. The van der Waals surface area contributed by atoms with Crippen LogP contribution in [0.1, 0.15) is 76.1 Å². The summed E-state index contributed by atoms with van der Waals surface area (Å²) >= 11 is 0. The van der Waals surface area contributed by atoms with Gasteiger partial charge in [-0.25, -0.2) is 0 Å². The monoisotopic (exact) mass is 283 g/mol. The number of hydrogen-bond donors (Lipinski definition) is 0. The zero-order valence-corrected chi connectivity index (χ0v) is 14.6. The number of benzene rings is 1. The molecule has 0 amide bonds. The lowest BCUT2D eigenvalue weighted by Gasteiger charge is -2.48. The first-order valence-electron chi connectivity index (χ1n) is 8.60. The topological polar surface area (TPSA) is 3.24 Å². The molecule has 0 saturated heterocycles. The van der Waals surface area contributed by atoms with Crippen molar-refractivity contribution >= 4 is 5.69 Å². The van der Waals surface area contributed by atoms with E-state index >= 15 is 0 Å². The van der Waals surface area contributed by atoms with Crippen molar-refractivity contribution in [3.05, 3.63) is 28.3 Å². The molecule has 0 spiro atoms. The molecule has 1 atom stereocenters. The van der Waals surface area contributed by atoms with Gasteiger partial charge in [-0.15, -0.1) is 0 Å². The van der Waals surface area contributed by atoms with Crippen LogP contribution in [0.5, 0.6) is 0 Å². The van der Waals surface area contributed by atoms with Gasteiger partial charge in [0.15, 0.2) is 0 Å². The van der Waals surface area contributed by atoms with Gasteiger partial charge in [0, 0.05) is 18.8 Å². The van der Waals surface area contributed by atoms with Crippen LogP contribution in [-0.4, -0.2) is 13.1 Å². The molecular formula is C20H29N. The molecule has 2 aliphatic heterocycles. The van der Waals surface area contributed by atoms with E-state index in [0.717, 1.165) is 0 Å². The van der Waals surface area contributed by atoms with Gasteiger partial charge in [-0.2, -0.15) is 0 Å². The zero-order chi connectivity index (χ0) is 15.2. The first-order chi connectivity index (χ1) is 9.66. The molecule has 1 aliphatic carbocycles. The van der Waals surface area contributed by atoms with Crippen LogP contribution in [0.15, 0.2) is 6.07 Å². The van der Waals surface area contributed by atoms with Crippen LogP contribution >= 0.6 is 0 Å². The second-order valence-corrected chi connectivity index (χ2v) is 9.33. The van der Waals surface area contributed by atoms with E-state index in [2.05, 4.69) is 52.5 Å². The standard InChI is InChI=1S/C20H29N/c1-13-11-14-17-16-15(13)19(4,5)12-20(16,6)8-10-21(17)9-7-18(14,2)3/h11H,7-10,12H2,1-6H3. The Hall–Kier alpha value is -0.980. The van der Waals surface area contributed by atoms with E-state index in [0.29, 0.717) is 16.2 Å². The lowest BCUT2D eigenvalue weighted by molar-refractivity contribution is 0.339. The van der Waals surface area contributed by atoms with Gasteiger partial charge in [-0.1, -0.05) is 40.7 Å². The Labute approximate surface area is 129 Å². The summed E-state index contributed by atoms with van der Waals surface area (Å²) in [6, 6.07) is 2.53. The Kier molecular flexibility index (Phi) is 2.39. The molecule has 0 fully saturated rings. The van der Waals surface area contributed by atoms with E-state index in [1.807, 2.05) is 0 Å². The summed E-state index contributed by atoms with van der Waals surface area (Å²) in [6.45, 7) is 17.2. The average Bonchev–Trinajstić information content (AvgIpc) is 2.58. The normalized spacial score (nSPS) is 31.2. The summed E-state index contributed by atoms with van der Waals surface area (Å²) < 4.78 is 0. The maximum atomic E-state index is 2.70. The van der Waals surface area contributed by atoms with Crippen LogP contribution in [0.3, 0.4) is 0 Å². The minimum absolute atomic E-state index is 0.330. The van der Waals surface area contributed by atoms with Crippen molar-refractivity contribution in [1.82, 2.24) is 0 Å². The molecule has 0 aromatic heterocycles. The zero-order valence-electron chi connectivity index (χ0n) is 14.6. The number of rotatable bonds is 0. The molecule has 1 unspecified atom stereocenters. The Morgan fingerprint density at radius 2 is 1.57 bits per heavy atom. The lowest BCUT2D eigenvalue weighted by Crippen LogP contribution is -2.44. The number of anilines is 1. The van der Waals surface area contributed by atoms with Crippen LogP contribution < -0.4 is 4.90 Å². The van der Waals surface area contributed by atoms with Gasteiger partial charge in [0.05, 0.1) is 0 Å². The highest BCUT2D eigenvalue weighted by Gasteiger charge is 2.51. The van der Waals surface area contributed by atoms with Gasteiger partial charge in [0.2, 0.25) is 0 Å². The third-order valence-electron chi connectivity index (χ3n) is 6.60. The molecule has 1 heteroatoms. The average molecular weight is 283 g/mol. The minimum Gasteiger partial charge on any atom is -0.371 e. The summed E-state index contributed by atoms with van der Waals surface area (Å²) in [5, 5.41) is 0. The Bertz CT molecular complexity index is 638. The Morgan fingerprint density at radius 3 is 2.29 bits per heavy atom. The van der Waals surface area contributed by atoms with E-state index in [-0.39, 0.29) is 0 Å². The number of aryl methyl sites for hydroxylation is 1. The largest absolute Gasteiger partial charge is 0.371 e. The fraction of sp³-hybridized carbons (Fsp3) is 0.700. The van der Waals surface area contributed by atoms with E-state index in [1.165, 1.54) is 37.9 Å². The molecule has 1 aromatic carbocycles. The first kappa shape index (κ1) is 13.7. The first-order valence-corrected chi connectivity index (χ1v) is 8.60. The third-order valence-corrected chi connectivity index (χ3v) is 6.60. The molecule has 21 heavy (non-hydrogen) atoms. The molecule has 4 rings (SSSR count). The maximum absolute atomic E-state index is 2.70. The van der Waals surface area contributed by atoms with Crippen molar-refractivity contribution in [2.45, 2.75) is 77.0 Å². The summed E-state index contributed by atoms with van der Waals surface area (Å²) in [7, 11) is 0. The molecule has 2 heterocycles. The molecule has 3 aliphatic rings. The molecule has 0 bridgehead atoms. The highest BCUT2D eigenvalue weighted by molar-refractivity contribution is 5.74. The Morgan fingerprint density at radius 1 is 0.905 bits per heavy atom. The fourth-order valence-electron chi connectivity index (χ4n) is 5.74. The van der Waals surface area contributed by atoms with Crippen LogP contribution in [-0.2, 0) is 16.2 Å². The lowest BCUT2D eigenvalue weighted by atomic mass is 9.69. The molecule has 1 aromatic rings. The second-order valence-electron chi connectivity index (χ2n) is 9.33. The smallest absolute Gasteiger partial charge is 0.0445 e. The number of hydrogen-bond acceptors (Lipinski definition) is 1. The van der Waals surface area contributed by atoms with E-state index in [1.54, 1.807) is 22.4 Å². The van der Waals surface area contributed by atoms with E-state index in [9.17, 15) is 0 Å². The predicted octanol–water partition coefficient (Wildman–Crippen LogP) is 4.83. The van der Waals surface area contributed by atoms with Crippen LogP contribution in [0.4, 0.5) is 5.69 Å². The van der Waals surface area contributed by atoms with Gasteiger partial charge < -0.3 is 4.90 Å². The van der Waals surface area contributed by atoms with Crippen molar-refractivity contribution < 1.29 is 0 Å². The molecular weight excluding hydrogens is 254 g/mol. The van der Waals surface area contributed by atoms with Gasteiger partial charge >= 0.3 is 0 Å². The predicted molar refractivity (Wildman–Crippen MR) is 90.6 cm³/mol. The van der Waals surface area contributed by atoms with Crippen molar-refractivity contribution in [1.29, 1.82) is 0 Å². The quantitative estimate of drug-likeness (QED) is 0.659. The molecule has 0 radical (unpaired) electrons. The summed E-state index contributed by atoms with van der Waals surface area (Å²) in [6.07, 6.45) is 3.94. The highest BCUT2D eigenvalue weighted by Crippen LogP contribution is 2.60. The summed E-state index contributed by atoms with van der Waals surface area (Å²) in [5.41, 5.74) is 9.25. The van der Waals surface area contributed by atoms with E-state index < -0.39 is 0 Å². The second kappa shape index (κ2) is 3.67. The van der Waals surface area contributed by atoms with Crippen molar-refractivity contribution in [2.24, 2.45) is 0 Å². The number of nitrogens with zero attached hydrogens (tertiary/aromatic N) is 1. The van der Waals surface area contributed by atoms with Crippen LogP contribution in [0.2, 0.25) is 0 Å². The Balaban J connectivity index is 2.12. The SMILES string of the molecule is Cc1cc2c3c4c1C(C)(C)CC4(C)CCN3CCC2(C)C. The van der Waals surface area contributed by atoms with Gasteiger partial charge in [-0.3, -0.25) is 0 Å². The van der Waals surface area contributed by atoms with E-state index in [4.69, 9.17) is 0 Å².